The molecule has 0 spiro atoms. The molecule has 1 aromatic carbocycles. The van der Waals surface area contributed by atoms with E-state index in [0.29, 0.717) is 18.5 Å². The fraction of sp³-hybridized carbons (Fsp3) is 0.300. The van der Waals surface area contributed by atoms with E-state index in [2.05, 4.69) is 6.07 Å². The van der Waals surface area contributed by atoms with Crippen molar-refractivity contribution >= 4 is 7.85 Å². The van der Waals surface area contributed by atoms with Gasteiger partial charge in [0.2, 0.25) is 0 Å². The molecule has 0 N–H and O–H groups in total. The first-order valence-electron chi connectivity index (χ1n) is 4.20. The van der Waals surface area contributed by atoms with Gasteiger partial charge in [-0.25, -0.2) is 0 Å². The minimum Gasteiger partial charge on any atom is -0.494 e. The van der Waals surface area contributed by atoms with Gasteiger partial charge in [-0.05, 0) is 24.6 Å². The van der Waals surface area contributed by atoms with E-state index >= 15 is 0 Å². The van der Waals surface area contributed by atoms with E-state index in [4.69, 9.17) is 17.8 Å². The summed E-state index contributed by atoms with van der Waals surface area (Å²) < 4.78 is 5.36. The molecular formula is C10H10BNO. The lowest BCUT2D eigenvalue weighted by molar-refractivity contribution is 0.317. The molecule has 2 radical (unpaired) electrons. The Bertz CT molecular complexity index is 306. The van der Waals surface area contributed by atoms with Crippen molar-refractivity contribution in [2.45, 2.75) is 12.7 Å². The number of hydrogen-bond acceptors (Lipinski definition) is 2. The van der Waals surface area contributed by atoms with Crippen LogP contribution in [0.15, 0.2) is 24.3 Å². The Morgan fingerprint density at radius 3 is 3.00 bits per heavy atom. The molecule has 64 valence electrons. The SMILES string of the molecule is [B]CCCOc1cccc(C#N)c1. The van der Waals surface area contributed by atoms with Crippen LogP contribution in [0.25, 0.3) is 0 Å². The highest BCUT2D eigenvalue weighted by Crippen LogP contribution is 2.12. The third kappa shape index (κ3) is 3.21. The maximum absolute atomic E-state index is 8.61. The molecule has 3 heteroatoms. The van der Waals surface area contributed by atoms with E-state index in [1.165, 1.54) is 0 Å². The number of hydrogen-bond donors (Lipinski definition) is 0. The van der Waals surface area contributed by atoms with Gasteiger partial charge in [0, 0.05) is 0 Å². The minimum atomic E-state index is 0.603. The monoisotopic (exact) mass is 171 g/mol. The molecule has 0 atom stereocenters. The van der Waals surface area contributed by atoms with Crippen LogP contribution in [-0.2, 0) is 0 Å². The van der Waals surface area contributed by atoms with Crippen LogP contribution in [0.1, 0.15) is 12.0 Å². The Kier molecular flexibility index (Phi) is 3.91. The van der Waals surface area contributed by atoms with E-state index in [1.54, 1.807) is 18.2 Å². The van der Waals surface area contributed by atoms with Gasteiger partial charge in [-0.1, -0.05) is 12.4 Å². The second kappa shape index (κ2) is 5.26. The molecule has 1 aromatic rings. The molecular weight excluding hydrogens is 161 g/mol. The second-order valence-electron chi connectivity index (χ2n) is 2.63. The summed E-state index contributed by atoms with van der Waals surface area (Å²) in [5, 5.41) is 8.61. The van der Waals surface area contributed by atoms with Crippen LogP contribution in [0.4, 0.5) is 0 Å². The maximum atomic E-state index is 8.61. The average Bonchev–Trinajstić information content (AvgIpc) is 2.19. The van der Waals surface area contributed by atoms with Crippen molar-refractivity contribution in [3.63, 3.8) is 0 Å². The first-order chi connectivity index (χ1) is 6.36. The minimum absolute atomic E-state index is 0.603. The first-order valence-corrected chi connectivity index (χ1v) is 4.20. The lowest BCUT2D eigenvalue weighted by Crippen LogP contribution is -1.96. The van der Waals surface area contributed by atoms with Crippen molar-refractivity contribution in [3.05, 3.63) is 29.8 Å². The van der Waals surface area contributed by atoms with E-state index in [-0.39, 0.29) is 0 Å². The molecule has 0 aromatic heterocycles. The molecule has 13 heavy (non-hydrogen) atoms. The van der Waals surface area contributed by atoms with Crippen molar-refractivity contribution in [2.24, 2.45) is 0 Å². The third-order valence-corrected chi connectivity index (χ3v) is 1.58. The van der Waals surface area contributed by atoms with Crippen LogP contribution in [0.2, 0.25) is 6.32 Å². The fourth-order valence-electron chi connectivity index (χ4n) is 0.929. The summed E-state index contributed by atoms with van der Waals surface area (Å²) in [5.41, 5.74) is 0.616. The predicted molar refractivity (Wildman–Crippen MR) is 51.8 cm³/mol. The summed E-state index contributed by atoms with van der Waals surface area (Å²) in [5.74, 6) is 0.729. The molecule has 2 nitrogen and oxygen atoms in total. The van der Waals surface area contributed by atoms with Crippen LogP contribution in [0.5, 0.6) is 5.75 Å². The molecule has 1 rings (SSSR count). The van der Waals surface area contributed by atoms with E-state index in [0.717, 1.165) is 12.2 Å². The van der Waals surface area contributed by atoms with Gasteiger partial charge in [0.15, 0.2) is 0 Å². The highest BCUT2D eigenvalue weighted by atomic mass is 16.5. The number of ether oxygens (including phenoxy) is 1. The molecule has 0 unspecified atom stereocenters. The number of nitriles is 1. The Labute approximate surface area is 79.5 Å². The number of benzene rings is 1. The molecule has 0 amide bonds. The fourth-order valence-corrected chi connectivity index (χ4v) is 0.929. The van der Waals surface area contributed by atoms with E-state index in [9.17, 15) is 0 Å². The largest absolute Gasteiger partial charge is 0.494 e. The highest BCUT2D eigenvalue weighted by molar-refractivity contribution is 6.08. The van der Waals surface area contributed by atoms with Crippen molar-refractivity contribution in [2.75, 3.05) is 6.61 Å². The van der Waals surface area contributed by atoms with Crippen LogP contribution in [-0.4, -0.2) is 14.5 Å². The van der Waals surface area contributed by atoms with Crippen molar-refractivity contribution in [1.82, 2.24) is 0 Å². The summed E-state index contributed by atoms with van der Waals surface area (Å²) in [4.78, 5) is 0. The molecule has 0 bridgehead atoms. The Balaban J connectivity index is 2.52. The van der Waals surface area contributed by atoms with Gasteiger partial charge in [0.05, 0.1) is 26.1 Å². The van der Waals surface area contributed by atoms with E-state index < -0.39 is 0 Å². The first kappa shape index (κ1) is 9.66. The molecule has 0 aliphatic carbocycles. The maximum Gasteiger partial charge on any atom is 0.120 e. The lowest BCUT2D eigenvalue weighted by atomic mass is 10.0. The number of nitrogens with zero attached hydrogens (tertiary/aromatic N) is 1. The predicted octanol–water partition coefficient (Wildman–Crippen LogP) is 1.91. The Morgan fingerprint density at radius 1 is 1.46 bits per heavy atom. The van der Waals surface area contributed by atoms with Crippen molar-refractivity contribution in [1.29, 1.82) is 5.26 Å². The summed E-state index contributed by atoms with van der Waals surface area (Å²) in [6, 6.07) is 9.15. The van der Waals surface area contributed by atoms with Gasteiger partial charge in [-0.15, -0.1) is 0 Å². The van der Waals surface area contributed by atoms with Gasteiger partial charge in [0.25, 0.3) is 0 Å². The molecule has 0 saturated heterocycles. The zero-order valence-electron chi connectivity index (χ0n) is 7.36. The lowest BCUT2D eigenvalue weighted by Gasteiger charge is -2.04. The van der Waals surface area contributed by atoms with Gasteiger partial charge in [-0.2, -0.15) is 5.26 Å². The zero-order valence-corrected chi connectivity index (χ0v) is 7.36. The molecule has 0 aliphatic heterocycles. The van der Waals surface area contributed by atoms with Crippen LogP contribution >= 0.6 is 0 Å². The molecule has 0 fully saturated rings. The van der Waals surface area contributed by atoms with Crippen molar-refractivity contribution in [3.8, 4) is 11.8 Å². The van der Waals surface area contributed by atoms with Crippen LogP contribution < -0.4 is 4.74 Å². The average molecular weight is 171 g/mol. The summed E-state index contributed by atoms with van der Waals surface area (Å²) in [7, 11) is 5.32. The molecule has 0 saturated carbocycles. The smallest absolute Gasteiger partial charge is 0.120 e. The highest BCUT2D eigenvalue weighted by Gasteiger charge is 1.94. The quantitative estimate of drug-likeness (QED) is 0.512. The number of rotatable bonds is 4. The normalized spacial score (nSPS) is 9.15. The summed E-state index contributed by atoms with van der Waals surface area (Å²) in [6.45, 7) is 0.603. The van der Waals surface area contributed by atoms with Crippen molar-refractivity contribution < 1.29 is 4.74 Å². The van der Waals surface area contributed by atoms with Gasteiger partial charge in [0.1, 0.15) is 5.75 Å². The van der Waals surface area contributed by atoms with Gasteiger partial charge >= 0.3 is 0 Å². The van der Waals surface area contributed by atoms with E-state index in [1.807, 2.05) is 6.07 Å². The zero-order chi connectivity index (χ0) is 9.52. The summed E-state index contributed by atoms with van der Waals surface area (Å²) in [6.07, 6.45) is 1.45. The second-order valence-corrected chi connectivity index (χ2v) is 2.63. The van der Waals surface area contributed by atoms with Gasteiger partial charge in [-0.3, -0.25) is 0 Å². The van der Waals surface area contributed by atoms with Crippen LogP contribution in [0, 0.1) is 11.3 Å². The Hall–Kier alpha value is -1.43. The summed E-state index contributed by atoms with van der Waals surface area (Å²) >= 11 is 0. The topological polar surface area (TPSA) is 33.0 Å². The van der Waals surface area contributed by atoms with Crippen LogP contribution in [0.3, 0.4) is 0 Å². The Morgan fingerprint density at radius 2 is 2.31 bits per heavy atom. The molecule has 0 aliphatic rings. The van der Waals surface area contributed by atoms with Gasteiger partial charge < -0.3 is 4.74 Å². The standard InChI is InChI=1S/C10H10BNO/c11-5-2-6-13-10-4-1-3-9(7-10)8-12/h1,3-4,7H,2,5-6H2. The molecule has 0 heterocycles. The third-order valence-electron chi connectivity index (χ3n) is 1.58.